The zero-order valence-electron chi connectivity index (χ0n) is 8.46. The summed E-state index contributed by atoms with van der Waals surface area (Å²) in [7, 11) is 0. The predicted molar refractivity (Wildman–Crippen MR) is 55.7 cm³/mol. The molecular weight excluding hydrogens is 158 g/mol. The molecule has 0 aromatic carbocycles. The van der Waals surface area contributed by atoms with E-state index in [0.717, 1.165) is 6.42 Å². The van der Waals surface area contributed by atoms with E-state index in [4.69, 9.17) is 0 Å². The van der Waals surface area contributed by atoms with Crippen LogP contribution in [0.25, 0.3) is 6.08 Å². The van der Waals surface area contributed by atoms with Gasteiger partial charge in [-0.05, 0) is 37.0 Å². The molecule has 0 amide bonds. The van der Waals surface area contributed by atoms with Gasteiger partial charge in [-0.2, -0.15) is 0 Å². The number of allylic oxidation sites excluding steroid dienone is 1. The molecule has 0 atom stereocenters. The topological polar surface area (TPSA) is 12.9 Å². The van der Waals surface area contributed by atoms with Gasteiger partial charge in [-0.1, -0.05) is 25.5 Å². The van der Waals surface area contributed by atoms with Crippen LogP contribution in [0.1, 0.15) is 43.6 Å². The third-order valence-electron chi connectivity index (χ3n) is 2.48. The summed E-state index contributed by atoms with van der Waals surface area (Å²) >= 11 is 0. The van der Waals surface area contributed by atoms with Gasteiger partial charge in [-0.15, -0.1) is 0 Å². The SMILES string of the molecule is CC1=Cc2nc(C(C)C)ccc2C1. The molecule has 1 aromatic heterocycles. The van der Waals surface area contributed by atoms with Crippen molar-refractivity contribution in [3.05, 3.63) is 34.7 Å². The van der Waals surface area contributed by atoms with E-state index in [9.17, 15) is 0 Å². The normalized spacial score (nSPS) is 14.6. The largest absolute Gasteiger partial charge is 0.253 e. The van der Waals surface area contributed by atoms with Crippen molar-refractivity contribution in [1.82, 2.24) is 4.98 Å². The Morgan fingerprint density at radius 2 is 2.08 bits per heavy atom. The van der Waals surface area contributed by atoms with Crippen molar-refractivity contribution in [1.29, 1.82) is 0 Å². The van der Waals surface area contributed by atoms with Crippen molar-refractivity contribution < 1.29 is 0 Å². The first kappa shape index (κ1) is 8.49. The molecule has 2 rings (SSSR count). The quantitative estimate of drug-likeness (QED) is 0.635. The summed E-state index contributed by atoms with van der Waals surface area (Å²) in [6, 6.07) is 4.36. The van der Waals surface area contributed by atoms with Gasteiger partial charge in [-0.25, -0.2) is 0 Å². The Bertz CT molecular complexity index is 361. The van der Waals surface area contributed by atoms with Crippen LogP contribution in [0.3, 0.4) is 0 Å². The molecule has 68 valence electrons. The highest BCUT2D eigenvalue weighted by atomic mass is 14.7. The maximum Gasteiger partial charge on any atom is 0.0667 e. The molecule has 1 aromatic rings. The van der Waals surface area contributed by atoms with Gasteiger partial charge in [0.25, 0.3) is 0 Å². The number of pyridine rings is 1. The Morgan fingerprint density at radius 3 is 2.77 bits per heavy atom. The van der Waals surface area contributed by atoms with E-state index in [0.29, 0.717) is 5.92 Å². The molecule has 0 spiro atoms. The third kappa shape index (κ3) is 1.51. The van der Waals surface area contributed by atoms with Gasteiger partial charge in [0.1, 0.15) is 0 Å². The van der Waals surface area contributed by atoms with Crippen LogP contribution in [0, 0.1) is 0 Å². The number of hydrogen-bond acceptors (Lipinski definition) is 1. The van der Waals surface area contributed by atoms with E-state index >= 15 is 0 Å². The Kier molecular flexibility index (Phi) is 1.95. The van der Waals surface area contributed by atoms with Gasteiger partial charge in [0.2, 0.25) is 0 Å². The molecule has 0 saturated heterocycles. The fourth-order valence-corrected chi connectivity index (χ4v) is 1.70. The lowest BCUT2D eigenvalue weighted by molar-refractivity contribution is 0.819. The maximum atomic E-state index is 4.63. The molecule has 13 heavy (non-hydrogen) atoms. The summed E-state index contributed by atoms with van der Waals surface area (Å²) in [6.45, 7) is 6.53. The second kappa shape index (κ2) is 2.99. The highest BCUT2D eigenvalue weighted by molar-refractivity contribution is 5.60. The Morgan fingerprint density at radius 1 is 1.31 bits per heavy atom. The van der Waals surface area contributed by atoms with Crippen molar-refractivity contribution in [3.8, 4) is 0 Å². The second-order valence-corrected chi connectivity index (χ2v) is 4.10. The number of hydrogen-bond donors (Lipinski definition) is 0. The lowest BCUT2D eigenvalue weighted by Crippen LogP contribution is -1.95. The Labute approximate surface area is 79.5 Å². The van der Waals surface area contributed by atoms with Crippen LogP contribution in [-0.2, 0) is 6.42 Å². The number of nitrogens with zero attached hydrogens (tertiary/aromatic N) is 1. The first-order valence-electron chi connectivity index (χ1n) is 4.84. The predicted octanol–water partition coefficient (Wildman–Crippen LogP) is 3.16. The van der Waals surface area contributed by atoms with Crippen molar-refractivity contribution >= 4 is 6.08 Å². The first-order valence-corrected chi connectivity index (χ1v) is 4.84. The molecule has 1 aliphatic carbocycles. The average Bonchev–Trinajstić information content (AvgIpc) is 2.42. The van der Waals surface area contributed by atoms with Crippen LogP contribution in [0.4, 0.5) is 0 Å². The molecule has 1 nitrogen and oxygen atoms in total. The summed E-state index contributed by atoms with van der Waals surface area (Å²) in [5, 5.41) is 0. The van der Waals surface area contributed by atoms with Crippen LogP contribution < -0.4 is 0 Å². The lowest BCUT2D eigenvalue weighted by atomic mass is 10.1. The lowest BCUT2D eigenvalue weighted by Gasteiger charge is -2.05. The van der Waals surface area contributed by atoms with Crippen molar-refractivity contribution in [2.75, 3.05) is 0 Å². The van der Waals surface area contributed by atoms with Gasteiger partial charge >= 0.3 is 0 Å². The molecule has 0 N–H and O–H groups in total. The Hall–Kier alpha value is -1.11. The highest BCUT2D eigenvalue weighted by Gasteiger charge is 2.12. The summed E-state index contributed by atoms with van der Waals surface area (Å²) in [4.78, 5) is 4.63. The number of fused-ring (bicyclic) bond motifs is 1. The van der Waals surface area contributed by atoms with E-state index in [1.165, 1.54) is 22.5 Å². The van der Waals surface area contributed by atoms with Crippen LogP contribution in [-0.4, -0.2) is 4.98 Å². The fraction of sp³-hybridized carbons (Fsp3) is 0.417. The molecule has 0 saturated carbocycles. The second-order valence-electron chi connectivity index (χ2n) is 4.10. The average molecular weight is 173 g/mol. The number of aromatic nitrogens is 1. The maximum absolute atomic E-state index is 4.63. The van der Waals surface area contributed by atoms with Crippen molar-refractivity contribution in [2.24, 2.45) is 0 Å². The van der Waals surface area contributed by atoms with Gasteiger partial charge in [-0.3, -0.25) is 4.98 Å². The summed E-state index contributed by atoms with van der Waals surface area (Å²) in [5.74, 6) is 0.527. The minimum absolute atomic E-state index is 0.527. The molecule has 0 aliphatic heterocycles. The van der Waals surface area contributed by atoms with Crippen LogP contribution >= 0.6 is 0 Å². The van der Waals surface area contributed by atoms with E-state index in [1.54, 1.807) is 0 Å². The van der Waals surface area contributed by atoms with E-state index in [1.807, 2.05) is 0 Å². The molecule has 0 radical (unpaired) electrons. The first-order chi connectivity index (χ1) is 6.16. The monoisotopic (exact) mass is 173 g/mol. The van der Waals surface area contributed by atoms with Crippen molar-refractivity contribution in [2.45, 2.75) is 33.1 Å². The molecule has 1 heterocycles. The summed E-state index contributed by atoms with van der Waals surface area (Å²) in [5.41, 5.74) is 5.18. The standard InChI is InChI=1S/C12H15N/c1-8(2)11-5-4-10-6-9(3)7-12(10)13-11/h4-5,7-8H,6H2,1-3H3. The van der Waals surface area contributed by atoms with Crippen LogP contribution in [0.15, 0.2) is 17.7 Å². The molecule has 0 unspecified atom stereocenters. The van der Waals surface area contributed by atoms with E-state index < -0.39 is 0 Å². The molecule has 1 heteroatoms. The van der Waals surface area contributed by atoms with Gasteiger partial charge in [0, 0.05) is 5.69 Å². The van der Waals surface area contributed by atoms with Crippen LogP contribution in [0.5, 0.6) is 0 Å². The van der Waals surface area contributed by atoms with Gasteiger partial charge < -0.3 is 0 Å². The smallest absolute Gasteiger partial charge is 0.0667 e. The fourth-order valence-electron chi connectivity index (χ4n) is 1.70. The van der Waals surface area contributed by atoms with E-state index in [2.05, 4.69) is 44.0 Å². The zero-order chi connectivity index (χ0) is 9.42. The molecular formula is C12H15N. The molecule has 0 fully saturated rings. The zero-order valence-corrected chi connectivity index (χ0v) is 8.46. The van der Waals surface area contributed by atoms with Crippen molar-refractivity contribution in [3.63, 3.8) is 0 Å². The summed E-state index contributed by atoms with van der Waals surface area (Å²) < 4.78 is 0. The summed E-state index contributed by atoms with van der Waals surface area (Å²) in [6.07, 6.45) is 3.28. The third-order valence-corrected chi connectivity index (χ3v) is 2.48. The van der Waals surface area contributed by atoms with Gasteiger partial charge in [0.05, 0.1) is 5.69 Å². The Balaban J connectivity index is 2.43. The van der Waals surface area contributed by atoms with Gasteiger partial charge in [0.15, 0.2) is 0 Å². The van der Waals surface area contributed by atoms with E-state index in [-0.39, 0.29) is 0 Å². The molecule has 0 bridgehead atoms. The van der Waals surface area contributed by atoms with Crippen LogP contribution in [0.2, 0.25) is 0 Å². The molecule has 1 aliphatic rings. The highest BCUT2D eigenvalue weighted by Crippen LogP contribution is 2.24. The minimum Gasteiger partial charge on any atom is -0.253 e. The number of rotatable bonds is 1. The minimum atomic E-state index is 0.527.